The van der Waals surface area contributed by atoms with Crippen molar-refractivity contribution in [2.45, 2.75) is 72.3 Å². The molecule has 1 aliphatic heterocycles. The summed E-state index contributed by atoms with van der Waals surface area (Å²) in [5.74, 6) is -3.15. The molecular weight excluding hydrogens is 443 g/mol. The van der Waals surface area contributed by atoms with Gasteiger partial charge in [0.25, 0.3) is 0 Å². The van der Waals surface area contributed by atoms with E-state index in [0.29, 0.717) is 17.5 Å². The lowest BCUT2D eigenvalue weighted by Crippen LogP contribution is -2.31. The maximum absolute atomic E-state index is 13.0. The first kappa shape index (κ1) is 26.2. The van der Waals surface area contributed by atoms with Gasteiger partial charge in [-0.1, -0.05) is 11.6 Å². The Morgan fingerprint density at radius 3 is 2.36 bits per heavy atom. The van der Waals surface area contributed by atoms with Gasteiger partial charge in [-0.15, -0.1) is 0 Å². The molecule has 0 radical (unpaired) electrons. The van der Waals surface area contributed by atoms with Crippen LogP contribution in [0.5, 0.6) is 5.75 Å². The Hall–Kier alpha value is -3.04. The van der Waals surface area contributed by atoms with Crippen LogP contribution in [-0.2, 0) is 32.1 Å². The van der Waals surface area contributed by atoms with E-state index < -0.39 is 23.7 Å². The fraction of sp³-hybridized carbons (Fsp3) is 0.522. The van der Waals surface area contributed by atoms with E-state index >= 15 is 0 Å². The molecule has 2 rings (SSSR count). The van der Waals surface area contributed by atoms with Gasteiger partial charge in [0, 0.05) is 17.5 Å². The molecule has 33 heavy (non-hydrogen) atoms. The maximum atomic E-state index is 13.0. The highest BCUT2D eigenvalue weighted by Gasteiger charge is 2.41. The number of hydrogen-bond acceptors (Lipinski definition) is 6. The van der Waals surface area contributed by atoms with E-state index in [0.717, 1.165) is 5.57 Å². The number of nitrogens with one attached hydrogen (secondary N) is 1. The van der Waals surface area contributed by atoms with Gasteiger partial charge < -0.3 is 19.5 Å². The highest BCUT2D eigenvalue weighted by Crippen LogP contribution is 2.42. The number of alkyl halides is 3. The minimum atomic E-state index is -5.15. The van der Waals surface area contributed by atoms with Crippen molar-refractivity contribution in [2.24, 2.45) is 0 Å². The number of esters is 2. The van der Waals surface area contributed by atoms with Gasteiger partial charge in [-0.25, -0.2) is 4.79 Å². The van der Waals surface area contributed by atoms with Crippen LogP contribution in [0.2, 0.25) is 0 Å². The molecule has 0 bridgehead atoms. The lowest BCUT2D eigenvalue weighted by atomic mass is 9.93. The van der Waals surface area contributed by atoms with E-state index in [2.05, 4.69) is 0 Å². The Kier molecular flexibility index (Phi) is 7.82. The molecule has 0 saturated heterocycles. The van der Waals surface area contributed by atoms with E-state index in [-0.39, 0.29) is 48.0 Å². The first-order chi connectivity index (χ1) is 15.2. The number of fused-ring (bicyclic) bond motifs is 1. The van der Waals surface area contributed by atoms with Crippen LogP contribution in [-0.4, -0.2) is 36.7 Å². The van der Waals surface area contributed by atoms with Crippen LogP contribution in [0.1, 0.15) is 67.6 Å². The van der Waals surface area contributed by atoms with Crippen molar-refractivity contribution in [3.8, 4) is 5.75 Å². The minimum Gasteiger partial charge on any atom is -0.496 e. The Morgan fingerprint density at radius 1 is 1.18 bits per heavy atom. The smallest absolute Gasteiger partial charge is 0.471 e. The Bertz CT molecular complexity index is 990. The van der Waals surface area contributed by atoms with Crippen molar-refractivity contribution in [1.82, 2.24) is 0 Å². The van der Waals surface area contributed by atoms with E-state index in [4.69, 9.17) is 14.2 Å². The summed E-state index contributed by atoms with van der Waals surface area (Å²) in [6.45, 7) is 8.58. The number of methoxy groups -OCH3 is 1. The van der Waals surface area contributed by atoms with Crippen LogP contribution in [0, 0.1) is 6.92 Å². The first-order valence-electron chi connectivity index (χ1n) is 10.3. The molecule has 1 aromatic rings. The van der Waals surface area contributed by atoms with E-state index in [9.17, 15) is 27.6 Å². The summed E-state index contributed by atoms with van der Waals surface area (Å²) in [5.41, 5.74) is 0.888. The van der Waals surface area contributed by atoms with Gasteiger partial charge in [0.2, 0.25) is 0 Å². The summed E-state index contributed by atoms with van der Waals surface area (Å²) in [6.07, 6.45) is -2.89. The number of carbonyl (C=O) groups excluding carboxylic acids is 3. The first-order valence-corrected chi connectivity index (χ1v) is 10.3. The number of carbonyl (C=O) groups is 3. The number of ether oxygens (including phenoxy) is 3. The molecule has 0 fully saturated rings. The zero-order chi connectivity index (χ0) is 25.1. The summed E-state index contributed by atoms with van der Waals surface area (Å²) >= 11 is 0. The molecule has 1 N–H and O–H groups in total. The zero-order valence-corrected chi connectivity index (χ0v) is 19.5. The lowest BCUT2D eigenvalue weighted by Gasteiger charge is -2.20. The van der Waals surface area contributed by atoms with E-state index in [1.54, 1.807) is 40.7 Å². The molecule has 1 aromatic carbocycles. The molecule has 0 atom stereocenters. The molecular formula is C23H28F3NO6. The quantitative estimate of drug-likeness (QED) is 0.454. The van der Waals surface area contributed by atoms with Gasteiger partial charge in [-0.2, -0.15) is 13.2 Å². The predicted octanol–water partition coefficient (Wildman–Crippen LogP) is 4.79. The van der Waals surface area contributed by atoms with Crippen LogP contribution < -0.4 is 10.1 Å². The topological polar surface area (TPSA) is 90.9 Å². The van der Waals surface area contributed by atoms with Crippen LogP contribution in [0.3, 0.4) is 0 Å². The minimum absolute atomic E-state index is 0.0538. The number of rotatable bonds is 7. The average Bonchev–Trinajstić information content (AvgIpc) is 3.06. The fourth-order valence-corrected chi connectivity index (χ4v) is 3.45. The molecule has 1 heterocycles. The molecule has 182 valence electrons. The highest BCUT2D eigenvalue weighted by atomic mass is 19.4. The summed E-state index contributed by atoms with van der Waals surface area (Å²) < 4.78 is 54.6. The van der Waals surface area contributed by atoms with Gasteiger partial charge in [0.05, 0.1) is 18.4 Å². The lowest BCUT2D eigenvalue weighted by molar-refractivity contribution is -0.167. The number of halogens is 3. The van der Waals surface area contributed by atoms with Crippen molar-refractivity contribution >= 4 is 23.5 Å². The summed E-state index contributed by atoms with van der Waals surface area (Å²) in [6, 6.07) is 0. The number of cyclic esters (lactones) is 1. The number of amides is 1. The number of hydrogen-bond donors (Lipinski definition) is 1. The maximum Gasteiger partial charge on any atom is 0.471 e. The second-order valence-electron chi connectivity index (χ2n) is 8.73. The van der Waals surface area contributed by atoms with Crippen molar-refractivity contribution in [2.75, 3.05) is 12.4 Å². The fourth-order valence-electron chi connectivity index (χ4n) is 3.45. The highest BCUT2D eigenvalue weighted by molar-refractivity contribution is 6.07. The zero-order valence-electron chi connectivity index (χ0n) is 19.5. The predicted molar refractivity (Wildman–Crippen MR) is 114 cm³/mol. The van der Waals surface area contributed by atoms with Crippen LogP contribution in [0.15, 0.2) is 11.6 Å². The standard InChI is InChI=1S/C23H28F3NO6/c1-12(8-10-16(28)33-22(3,4)5)7-9-14-18(27-21(30)23(24,25)26)17-15(11-32-20(17)29)13(2)19(14)31-6/h7H,8-11H2,1-6H3,(H,27,30)/b12-7+. The number of benzene rings is 1. The van der Waals surface area contributed by atoms with Gasteiger partial charge >= 0.3 is 24.0 Å². The Labute approximate surface area is 190 Å². The normalized spacial score (nSPS) is 14.0. The molecule has 0 spiro atoms. The van der Waals surface area contributed by atoms with Crippen molar-refractivity contribution in [3.05, 3.63) is 33.9 Å². The van der Waals surface area contributed by atoms with E-state index in [1.165, 1.54) is 7.11 Å². The Balaban J connectivity index is 2.40. The van der Waals surface area contributed by atoms with Crippen LogP contribution in [0.4, 0.5) is 18.9 Å². The largest absolute Gasteiger partial charge is 0.496 e. The molecule has 0 saturated carbocycles. The monoisotopic (exact) mass is 471 g/mol. The summed E-state index contributed by atoms with van der Waals surface area (Å²) in [7, 11) is 1.35. The third kappa shape index (κ3) is 6.49. The molecule has 1 amide bonds. The number of anilines is 1. The van der Waals surface area contributed by atoms with Crippen LogP contribution in [0.25, 0.3) is 0 Å². The van der Waals surface area contributed by atoms with Gasteiger partial charge in [-0.3, -0.25) is 9.59 Å². The Morgan fingerprint density at radius 2 is 1.82 bits per heavy atom. The molecule has 10 heteroatoms. The van der Waals surface area contributed by atoms with Crippen molar-refractivity contribution in [3.63, 3.8) is 0 Å². The SMILES string of the molecule is COc1c(C)c2c(c(NC(=O)C(F)(F)F)c1C/C=C(\C)CCC(=O)OC(C)(C)C)C(=O)OC2. The summed E-state index contributed by atoms with van der Waals surface area (Å²) in [4.78, 5) is 35.9. The van der Waals surface area contributed by atoms with E-state index in [1.807, 2.05) is 5.32 Å². The third-order valence-corrected chi connectivity index (χ3v) is 4.97. The molecule has 1 aliphatic rings. The molecule has 0 aliphatic carbocycles. The average molecular weight is 471 g/mol. The van der Waals surface area contributed by atoms with Crippen molar-refractivity contribution < 1.29 is 41.8 Å². The summed E-state index contributed by atoms with van der Waals surface area (Å²) in [5, 5.41) is 1.83. The van der Waals surface area contributed by atoms with Gasteiger partial charge in [0.1, 0.15) is 18.0 Å². The molecule has 7 nitrogen and oxygen atoms in total. The second-order valence-corrected chi connectivity index (χ2v) is 8.73. The van der Waals surface area contributed by atoms with Gasteiger partial charge in [-0.05, 0) is 53.0 Å². The molecule has 0 aromatic heterocycles. The van der Waals surface area contributed by atoms with Gasteiger partial charge in [0.15, 0.2) is 0 Å². The second kappa shape index (κ2) is 9.84. The molecule has 0 unspecified atom stereocenters. The number of allylic oxidation sites excluding steroid dienone is 2. The third-order valence-electron chi connectivity index (χ3n) is 4.97. The van der Waals surface area contributed by atoms with Crippen molar-refractivity contribution in [1.29, 1.82) is 0 Å². The van der Waals surface area contributed by atoms with Crippen LogP contribution >= 0.6 is 0 Å².